The second kappa shape index (κ2) is 5.67. The Morgan fingerprint density at radius 1 is 1.53 bits per heavy atom. The van der Waals surface area contributed by atoms with E-state index in [0.29, 0.717) is 6.42 Å². The average Bonchev–Trinajstić information content (AvgIpc) is 2.13. The highest BCUT2D eigenvalue weighted by Crippen LogP contribution is 2.06. The Morgan fingerprint density at radius 2 is 2.07 bits per heavy atom. The van der Waals surface area contributed by atoms with E-state index in [2.05, 4.69) is 5.32 Å². The van der Waals surface area contributed by atoms with Gasteiger partial charge in [0, 0.05) is 6.54 Å². The van der Waals surface area contributed by atoms with Crippen molar-refractivity contribution in [1.29, 1.82) is 0 Å². The van der Waals surface area contributed by atoms with Gasteiger partial charge in [0.1, 0.15) is 0 Å². The topological polar surface area (TPSA) is 104 Å². The van der Waals surface area contributed by atoms with Crippen molar-refractivity contribution in [3.8, 4) is 0 Å². The minimum atomic E-state index is -0.879. The number of hydrogen-bond acceptors (Lipinski definition) is 4. The van der Waals surface area contributed by atoms with Crippen molar-refractivity contribution in [3.63, 3.8) is 0 Å². The Kier molecular flexibility index (Phi) is 5.24. The smallest absolute Gasteiger partial charge is 0.318 e. The summed E-state index contributed by atoms with van der Waals surface area (Å²) >= 11 is 0. The van der Waals surface area contributed by atoms with Crippen LogP contribution in [0.2, 0.25) is 0 Å². The van der Waals surface area contributed by atoms with E-state index in [-0.39, 0.29) is 6.54 Å². The summed E-state index contributed by atoms with van der Waals surface area (Å²) in [5.74, 6) is -0.505. The van der Waals surface area contributed by atoms with Crippen LogP contribution in [0.4, 0.5) is 4.79 Å². The lowest BCUT2D eigenvalue weighted by molar-refractivity contribution is -0.121. The van der Waals surface area contributed by atoms with Crippen molar-refractivity contribution in [2.75, 3.05) is 6.54 Å². The van der Waals surface area contributed by atoms with Crippen LogP contribution in [0.15, 0.2) is 0 Å². The zero-order valence-corrected chi connectivity index (χ0v) is 9.33. The van der Waals surface area contributed by atoms with Crippen molar-refractivity contribution >= 4 is 11.9 Å². The third-order valence-electron chi connectivity index (χ3n) is 2.19. The second-order valence-electron chi connectivity index (χ2n) is 3.81. The van der Waals surface area contributed by atoms with Gasteiger partial charge in [-0.1, -0.05) is 6.92 Å². The summed E-state index contributed by atoms with van der Waals surface area (Å²) in [5.41, 5.74) is 3.93. The Balaban J connectivity index is 3.98. The quantitative estimate of drug-likeness (QED) is 0.489. The molecule has 5 N–H and O–H groups in total. The van der Waals surface area contributed by atoms with Crippen LogP contribution in [0.5, 0.6) is 0 Å². The maximum atomic E-state index is 11.2. The number of urea groups is 1. The van der Waals surface area contributed by atoms with E-state index in [1.807, 2.05) is 12.2 Å². The highest BCUT2D eigenvalue weighted by molar-refractivity contribution is 5.96. The molecule has 0 radical (unpaired) electrons. The van der Waals surface area contributed by atoms with E-state index in [9.17, 15) is 14.7 Å². The maximum Gasteiger partial charge on any atom is 0.318 e. The summed E-state index contributed by atoms with van der Waals surface area (Å²) < 4.78 is 0. The highest BCUT2D eigenvalue weighted by Gasteiger charge is 2.21. The number of carbonyl (C=O) groups excluding carboxylic acids is 2. The molecule has 0 aliphatic carbocycles. The van der Waals surface area contributed by atoms with Crippen molar-refractivity contribution in [2.24, 2.45) is 5.73 Å². The average molecular weight is 217 g/mol. The molecule has 88 valence electrons. The fourth-order valence-corrected chi connectivity index (χ4v) is 0.820. The summed E-state index contributed by atoms with van der Waals surface area (Å²) in [6.45, 7) is 5.37. The molecule has 0 aromatic heterocycles. The third-order valence-corrected chi connectivity index (χ3v) is 2.19. The molecule has 0 fully saturated rings. The summed E-state index contributed by atoms with van der Waals surface area (Å²) in [6, 6.07) is -1.45. The molecule has 2 atom stereocenters. The number of imide groups is 1. The largest absolute Gasteiger partial charge is 0.389 e. The Labute approximate surface area is 89.2 Å². The van der Waals surface area contributed by atoms with Crippen molar-refractivity contribution < 1.29 is 14.7 Å². The minimum absolute atomic E-state index is 0.275. The van der Waals surface area contributed by atoms with Gasteiger partial charge in [-0.25, -0.2) is 4.79 Å². The summed E-state index contributed by atoms with van der Waals surface area (Å²) in [6.07, 6.45) is 0.574. The lowest BCUT2D eigenvalue weighted by Gasteiger charge is -2.23. The number of amides is 3. The van der Waals surface area contributed by atoms with Crippen LogP contribution in [0, 0.1) is 0 Å². The SMILES string of the molecule is CCC(C)(O)CNC(C)C(=O)NC(N)=O. The summed E-state index contributed by atoms with van der Waals surface area (Å²) in [5, 5.41) is 14.4. The lowest BCUT2D eigenvalue weighted by atomic mass is 10.0. The number of nitrogens with one attached hydrogen (secondary N) is 2. The highest BCUT2D eigenvalue weighted by atomic mass is 16.3. The van der Waals surface area contributed by atoms with Crippen LogP contribution in [-0.4, -0.2) is 35.2 Å². The Morgan fingerprint density at radius 3 is 2.47 bits per heavy atom. The first-order chi connectivity index (χ1) is 6.78. The molecule has 0 aliphatic rings. The van der Waals surface area contributed by atoms with Gasteiger partial charge < -0.3 is 16.2 Å². The van der Waals surface area contributed by atoms with Gasteiger partial charge in [0.05, 0.1) is 11.6 Å². The molecule has 3 amide bonds. The van der Waals surface area contributed by atoms with Crippen molar-refractivity contribution in [3.05, 3.63) is 0 Å². The van der Waals surface area contributed by atoms with Crippen LogP contribution in [-0.2, 0) is 4.79 Å². The van der Waals surface area contributed by atoms with Gasteiger partial charge in [-0.3, -0.25) is 10.1 Å². The number of primary amides is 1. The van der Waals surface area contributed by atoms with Crippen LogP contribution in [0.25, 0.3) is 0 Å². The molecule has 0 spiro atoms. The fourth-order valence-electron chi connectivity index (χ4n) is 0.820. The molecule has 0 aromatic rings. The fraction of sp³-hybridized carbons (Fsp3) is 0.778. The standard InChI is InChI=1S/C9H19N3O3/c1-4-9(3,15)5-11-6(2)7(13)12-8(10)14/h6,11,15H,4-5H2,1-3H3,(H3,10,12,13,14). The molecule has 2 unspecified atom stereocenters. The van der Waals surface area contributed by atoms with E-state index in [1.165, 1.54) is 0 Å². The predicted molar refractivity (Wildman–Crippen MR) is 56.1 cm³/mol. The number of carbonyl (C=O) groups is 2. The zero-order chi connectivity index (χ0) is 12.1. The van der Waals surface area contributed by atoms with Crippen LogP contribution >= 0.6 is 0 Å². The molecule has 0 aromatic carbocycles. The van der Waals surface area contributed by atoms with Gasteiger partial charge in [0.25, 0.3) is 0 Å². The van der Waals surface area contributed by atoms with Crippen LogP contribution in [0.1, 0.15) is 27.2 Å². The van der Waals surface area contributed by atoms with E-state index in [1.54, 1.807) is 13.8 Å². The molecular weight excluding hydrogens is 198 g/mol. The molecule has 0 aliphatic heterocycles. The molecule has 0 saturated carbocycles. The van der Waals surface area contributed by atoms with E-state index >= 15 is 0 Å². The molecule has 0 heterocycles. The van der Waals surface area contributed by atoms with E-state index in [4.69, 9.17) is 5.73 Å². The second-order valence-corrected chi connectivity index (χ2v) is 3.81. The first kappa shape index (κ1) is 13.9. The number of rotatable bonds is 5. The minimum Gasteiger partial charge on any atom is -0.389 e. The Bertz CT molecular complexity index is 241. The monoisotopic (exact) mass is 217 g/mol. The first-order valence-electron chi connectivity index (χ1n) is 4.84. The number of aliphatic hydroxyl groups is 1. The molecule has 0 rings (SSSR count). The van der Waals surface area contributed by atoms with Gasteiger partial charge in [0.15, 0.2) is 0 Å². The van der Waals surface area contributed by atoms with Gasteiger partial charge >= 0.3 is 6.03 Å². The van der Waals surface area contributed by atoms with Gasteiger partial charge in [-0.15, -0.1) is 0 Å². The van der Waals surface area contributed by atoms with Crippen molar-refractivity contribution in [1.82, 2.24) is 10.6 Å². The van der Waals surface area contributed by atoms with Crippen LogP contribution in [0.3, 0.4) is 0 Å². The maximum absolute atomic E-state index is 11.2. The third kappa shape index (κ3) is 6.03. The van der Waals surface area contributed by atoms with Gasteiger partial charge in [-0.05, 0) is 20.3 Å². The summed E-state index contributed by atoms with van der Waals surface area (Å²) in [7, 11) is 0. The molecule has 15 heavy (non-hydrogen) atoms. The molecule has 0 bridgehead atoms. The summed E-state index contributed by atoms with van der Waals surface area (Å²) in [4.78, 5) is 21.6. The lowest BCUT2D eigenvalue weighted by Crippen LogP contribution is -2.50. The number of hydrogen-bond donors (Lipinski definition) is 4. The Hall–Kier alpha value is -1.14. The normalized spacial score (nSPS) is 16.5. The predicted octanol–water partition coefficient (Wildman–Crippen LogP) is -0.680. The van der Waals surface area contributed by atoms with E-state index < -0.39 is 23.6 Å². The molecule has 0 saturated heterocycles. The van der Waals surface area contributed by atoms with Gasteiger partial charge in [0.2, 0.25) is 5.91 Å². The van der Waals surface area contributed by atoms with Crippen LogP contribution < -0.4 is 16.4 Å². The first-order valence-corrected chi connectivity index (χ1v) is 4.84. The zero-order valence-electron chi connectivity index (χ0n) is 9.33. The molecular formula is C9H19N3O3. The van der Waals surface area contributed by atoms with Crippen molar-refractivity contribution in [2.45, 2.75) is 38.8 Å². The van der Waals surface area contributed by atoms with E-state index in [0.717, 1.165) is 0 Å². The number of nitrogens with two attached hydrogens (primary N) is 1. The van der Waals surface area contributed by atoms with Gasteiger partial charge in [-0.2, -0.15) is 0 Å². The molecule has 6 heteroatoms. The molecule has 6 nitrogen and oxygen atoms in total.